The summed E-state index contributed by atoms with van der Waals surface area (Å²) in [7, 11) is 0. The van der Waals surface area contributed by atoms with E-state index in [1.165, 1.54) is 12.8 Å². The van der Waals surface area contributed by atoms with E-state index in [-0.39, 0.29) is 21.6 Å². The van der Waals surface area contributed by atoms with E-state index in [2.05, 4.69) is 44.5 Å². The molecule has 3 N–H and O–H groups in total. The minimum Gasteiger partial charge on any atom is -0.494 e. The van der Waals surface area contributed by atoms with Gasteiger partial charge in [-0.2, -0.15) is 0 Å². The van der Waals surface area contributed by atoms with Crippen LogP contribution < -0.4 is 16.1 Å². The van der Waals surface area contributed by atoms with Gasteiger partial charge in [-0.1, -0.05) is 38.1 Å². The molecule has 3 aromatic rings. The van der Waals surface area contributed by atoms with Gasteiger partial charge in [0.25, 0.3) is 5.56 Å². The molecule has 6 rings (SSSR count). The molecule has 0 saturated heterocycles. The van der Waals surface area contributed by atoms with Crippen molar-refractivity contribution in [1.82, 2.24) is 14.5 Å². The van der Waals surface area contributed by atoms with E-state index in [0.29, 0.717) is 29.6 Å². The van der Waals surface area contributed by atoms with E-state index in [4.69, 9.17) is 12.2 Å². The maximum atomic E-state index is 12.9. The second-order valence-corrected chi connectivity index (χ2v) is 11.9. The number of nitrogens with one attached hydrogen (secondary N) is 2. The molecule has 2 saturated carbocycles. The fourth-order valence-electron chi connectivity index (χ4n) is 7.17. The molecule has 9 nitrogen and oxygen atoms in total. The Morgan fingerprint density at radius 2 is 1.66 bits per heavy atom. The Kier molecular flexibility index (Phi) is 6.22. The van der Waals surface area contributed by atoms with Gasteiger partial charge in [-0.05, 0) is 101 Å². The highest BCUT2D eigenvalue weighted by atomic mass is 32.1. The molecule has 2 fully saturated rings. The van der Waals surface area contributed by atoms with E-state index in [0.717, 1.165) is 41.0 Å². The van der Waals surface area contributed by atoms with E-state index < -0.39 is 5.56 Å². The third-order valence-corrected chi connectivity index (χ3v) is 8.56. The van der Waals surface area contributed by atoms with Gasteiger partial charge in [0.2, 0.25) is 11.7 Å². The van der Waals surface area contributed by atoms with Crippen LogP contribution in [-0.2, 0) is 6.54 Å². The Morgan fingerprint density at radius 1 is 1.00 bits per heavy atom. The zero-order valence-corrected chi connectivity index (χ0v) is 22.3. The molecular weight excluding hydrogens is 498 g/mol. The molecule has 2 aliphatic carbocycles. The summed E-state index contributed by atoms with van der Waals surface area (Å²) in [5.74, 6) is 2.44. The summed E-state index contributed by atoms with van der Waals surface area (Å²) >= 11 is 5.54. The van der Waals surface area contributed by atoms with E-state index in [1.807, 2.05) is 36.4 Å². The lowest BCUT2D eigenvalue weighted by atomic mass is 9.57. The Hall–Kier alpha value is -3.66. The van der Waals surface area contributed by atoms with Crippen LogP contribution in [0.5, 0.6) is 5.88 Å². The third kappa shape index (κ3) is 4.69. The first-order valence-corrected chi connectivity index (χ1v) is 13.6. The monoisotopic (exact) mass is 529 g/mol. The van der Waals surface area contributed by atoms with Gasteiger partial charge in [0.1, 0.15) is 5.56 Å². The summed E-state index contributed by atoms with van der Waals surface area (Å²) in [6.45, 7) is 5.30. The Bertz CT molecular complexity index is 1740. The molecule has 0 radical (unpaired) electrons. The second kappa shape index (κ2) is 9.58. The predicted octanol–water partition coefficient (Wildman–Crippen LogP) is 4.81. The highest BCUT2D eigenvalue weighted by Gasteiger charge is 2.44. The lowest BCUT2D eigenvalue weighted by Crippen LogP contribution is -2.42. The molecule has 1 aliphatic heterocycles. The van der Waals surface area contributed by atoms with Crippen molar-refractivity contribution in [1.29, 1.82) is 0 Å². The normalized spacial score (nSPS) is 26.8. The topological polar surface area (TPSA) is 123 Å². The number of aromatic nitrogens is 3. The van der Waals surface area contributed by atoms with Crippen molar-refractivity contribution in [3.63, 3.8) is 0 Å². The van der Waals surface area contributed by atoms with Crippen LogP contribution in [0, 0.1) is 38.5 Å². The number of aromatic amines is 2. The Balaban J connectivity index is 1.38. The van der Waals surface area contributed by atoms with Crippen molar-refractivity contribution in [2.24, 2.45) is 43.8 Å². The summed E-state index contributed by atoms with van der Waals surface area (Å²) in [5, 5.41) is 29.5. The molecule has 2 unspecified atom stereocenters. The molecule has 2 aromatic heterocycles. The Morgan fingerprint density at radius 3 is 2.34 bits per heavy atom. The number of nitrogens with zero attached hydrogens (tertiary/aromatic N) is 5. The molecule has 196 valence electrons. The minimum atomic E-state index is -0.398. The summed E-state index contributed by atoms with van der Waals surface area (Å²) in [6, 6.07) is 11.5. The first-order valence-electron chi connectivity index (χ1n) is 13.2. The van der Waals surface area contributed by atoms with Crippen LogP contribution >= 0.6 is 12.2 Å². The number of hydrogen-bond acceptors (Lipinski definition) is 7. The van der Waals surface area contributed by atoms with E-state index in [1.54, 1.807) is 10.6 Å². The van der Waals surface area contributed by atoms with Gasteiger partial charge >= 0.3 is 0 Å². The molecule has 0 amide bonds. The quantitative estimate of drug-likeness (QED) is 0.422. The van der Waals surface area contributed by atoms with Gasteiger partial charge in [0, 0.05) is 22.5 Å². The average molecular weight is 530 g/mol. The highest BCUT2D eigenvalue weighted by molar-refractivity contribution is 7.71. The van der Waals surface area contributed by atoms with Crippen LogP contribution in [-0.4, -0.2) is 19.6 Å². The number of aromatic hydroxyl groups is 1. The summed E-state index contributed by atoms with van der Waals surface area (Å²) < 4.78 is 2.02. The van der Waals surface area contributed by atoms with Gasteiger partial charge in [0.05, 0.1) is 0 Å². The maximum Gasteiger partial charge on any atom is 0.262 e. The smallest absolute Gasteiger partial charge is 0.262 e. The van der Waals surface area contributed by atoms with E-state index >= 15 is 0 Å². The van der Waals surface area contributed by atoms with Crippen LogP contribution in [0.15, 0.2) is 61.9 Å². The molecule has 3 heterocycles. The summed E-state index contributed by atoms with van der Waals surface area (Å²) in [6.07, 6.45) is 7.64. The van der Waals surface area contributed by atoms with E-state index in [9.17, 15) is 9.90 Å². The van der Waals surface area contributed by atoms with Crippen molar-refractivity contribution in [2.45, 2.75) is 52.5 Å². The highest BCUT2D eigenvalue weighted by Crippen LogP contribution is 2.53. The summed E-state index contributed by atoms with van der Waals surface area (Å²) in [4.78, 5) is 19.0. The van der Waals surface area contributed by atoms with Gasteiger partial charge in [-0.3, -0.25) is 14.3 Å². The SMILES string of the molecule is CC1CC2CC(C)CC(Cn3c(O)c(/C=c4\ccc(=c5ccc(=C6N=NN=N6)cc5)[nH]4)c(=O)[nH]c3=S)(C1)C2. The fraction of sp³-hybridized carbons (Fsp3) is 0.429. The number of H-pyrrole nitrogens is 2. The van der Waals surface area contributed by atoms with Crippen molar-refractivity contribution >= 4 is 24.1 Å². The zero-order chi connectivity index (χ0) is 26.4. The zero-order valence-electron chi connectivity index (χ0n) is 21.5. The lowest BCUT2D eigenvalue weighted by molar-refractivity contribution is 0.00261. The van der Waals surface area contributed by atoms with Gasteiger partial charge in [-0.15, -0.1) is 10.2 Å². The molecular formula is C28H31N7O2S. The summed E-state index contributed by atoms with van der Waals surface area (Å²) in [5.41, 5.74) is -0.0989. The minimum absolute atomic E-state index is 0.0708. The molecule has 0 spiro atoms. The molecule has 10 heteroatoms. The predicted molar refractivity (Wildman–Crippen MR) is 146 cm³/mol. The van der Waals surface area contributed by atoms with Gasteiger partial charge < -0.3 is 10.1 Å². The lowest BCUT2D eigenvalue weighted by Gasteiger charge is -2.50. The molecule has 2 bridgehead atoms. The van der Waals surface area contributed by atoms with Gasteiger partial charge in [0.15, 0.2) is 4.77 Å². The maximum absolute atomic E-state index is 12.9. The molecule has 3 aliphatic rings. The molecule has 2 atom stereocenters. The molecule has 1 aromatic carbocycles. The first-order chi connectivity index (χ1) is 18.3. The second-order valence-electron chi connectivity index (χ2n) is 11.5. The fourth-order valence-corrected chi connectivity index (χ4v) is 7.41. The van der Waals surface area contributed by atoms with Crippen molar-refractivity contribution in [3.05, 3.63) is 78.2 Å². The Labute approximate surface area is 224 Å². The number of fused-ring (bicyclic) bond motifs is 2. The first kappa shape index (κ1) is 24.7. The largest absolute Gasteiger partial charge is 0.494 e. The van der Waals surface area contributed by atoms with Gasteiger partial charge in [-0.25, -0.2) is 0 Å². The number of hydrogen-bond donors (Lipinski definition) is 3. The van der Waals surface area contributed by atoms with Crippen LogP contribution in [0.4, 0.5) is 0 Å². The van der Waals surface area contributed by atoms with Crippen LogP contribution in [0.2, 0.25) is 0 Å². The van der Waals surface area contributed by atoms with Crippen molar-refractivity contribution in [2.75, 3.05) is 0 Å². The van der Waals surface area contributed by atoms with Crippen LogP contribution in [0.25, 0.3) is 11.9 Å². The van der Waals surface area contributed by atoms with Crippen LogP contribution in [0.3, 0.4) is 0 Å². The van der Waals surface area contributed by atoms with Crippen LogP contribution in [0.1, 0.15) is 51.5 Å². The number of benzene rings is 1. The standard InChI is InChI=1S/C28H31N7O2S/c1-16-9-18-10-17(2)13-28(12-16,14-18)15-35-26(37)22(25(36)30-27(35)38)11-21-7-8-23(29-21)19-3-5-20(6-4-19)24-31-33-34-32-24/h3-8,11,16-18,29,37H,9-10,12-15H2,1-2H3,(H,30,36,38)/b21-11+. The van der Waals surface area contributed by atoms with Crippen molar-refractivity contribution in [3.8, 4) is 5.88 Å². The number of rotatable bonds is 3. The average Bonchev–Trinajstić information content (AvgIpc) is 3.56. The molecule has 38 heavy (non-hydrogen) atoms. The third-order valence-electron chi connectivity index (χ3n) is 8.24. The van der Waals surface area contributed by atoms with Crippen molar-refractivity contribution < 1.29 is 5.11 Å².